The molecule has 80 valence electrons. The molecule has 1 saturated carbocycles. The minimum Gasteiger partial charge on any atom is -0.462 e. The molecule has 15 heavy (non-hydrogen) atoms. The number of anilines is 1. The van der Waals surface area contributed by atoms with Crippen molar-refractivity contribution in [1.82, 2.24) is 0 Å². The van der Waals surface area contributed by atoms with Crippen LogP contribution < -0.4 is 5.73 Å². The van der Waals surface area contributed by atoms with Gasteiger partial charge in [-0.15, -0.1) is 0 Å². The molecule has 1 aliphatic carbocycles. The lowest BCUT2D eigenvalue weighted by atomic mass is 10.2. The van der Waals surface area contributed by atoms with Gasteiger partial charge in [-0.25, -0.2) is 4.79 Å². The number of esters is 1. The second-order valence-electron chi connectivity index (χ2n) is 3.78. The van der Waals surface area contributed by atoms with Crippen LogP contribution >= 0.6 is 15.9 Å². The number of halogens is 1. The zero-order chi connectivity index (χ0) is 10.8. The van der Waals surface area contributed by atoms with Gasteiger partial charge in [0.1, 0.15) is 0 Å². The van der Waals surface area contributed by atoms with Crippen molar-refractivity contribution >= 4 is 27.6 Å². The van der Waals surface area contributed by atoms with E-state index >= 15 is 0 Å². The Balaban J connectivity index is 2.00. The van der Waals surface area contributed by atoms with Crippen LogP contribution in [0.3, 0.4) is 0 Å². The fourth-order valence-electron chi connectivity index (χ4n) is 1.22. The van der Waals surface area contributed by atoms with Gasteiger partial charge in [-0.3, -0.25) is 0 Å². The smallest absolute Gasteiger partial charge is 0.338 e. The molecule has 0 spiro atoms. The number of rotatable bonds is 3. The zero-order valence-corrected chi connectivity index (χ0v) is 9.79. The standard InChI is InChI=1S/C11H12BrNO2/c12-9-5-8(3-4-10(9)13)11(14)15-6-7-1-2-7/h3-5,7H,1-2,6,13H2. The third-order valence-electron chi connectivity index (χ3n) is 2.38. The molecular formula is C11H12BrNO2. The van der Waals surface area contributed by atoms with E-state index in [9.17, 15) is 4.79 Å². The van der Waals surface area contributed by atoms with Gasteiger partial charge in [0, 0.05) is 10.2 Å². The maximum absolute atomic E-state index is 11.6. The van der Waals surface area contributed by atoms with Crippen molar-refractivity contribution < 1.29 is 9.53 Å². The summed E-state index contributed by atoms with van der Waals surface area (Å²) in [6.07, 6.45) is 2.36. The normalized spacial score (nSPS) is 15.0. The van der Waals surface area contributed by atoms with E-state index in [-0.39, 0.29) is 5.97 Å². The van der Waals surface area contributed by atoms with E-state index in [4.69, 9.17) is 10.5 Å². The molecule has 0 bridgehead atoms. The van der Waals surface area contributed by atoms with Crippen LogP contribution in [0.4, 0.5) is 5.69 Å². The molecule has 1 aromatic carbocycles. The SMILES string of the molecule is Nc1ccc(C(=O)OCC2CC2)cc1Br. The van der Waals surface area contributed by atoms with E-state index in [1.807, 2.05) is 0 Å². The third kappa shape index (κ3) is 2.72. The van der Waals surface area contributed by atoms with E-state index in [1.165, 1.54) is 12.8 Å². The summed E-state index contributed by atoms with van der Waals surface area (Å²) in [6.45, 7) is 0.542. The summed E-state index contributed by atoms with van der Waals surface area (Å²) in [5.41, 5.74) is 6.78. The molecule has 0 unspecified atom stereocenters. The molecule has 1 fully saturated rings. The van der Waals surface area contributed by atoms with E-state index in [2.05, 4.69) is 15.9 Å². The molecule has 0 atom stereocenters. The molecular weight excluding hydrogens is 258 g/mol. The molecule has 0 radical (unpaired) electrons. The van der Waals surface area contributed by atoms with Gasteiger partial charge in [0.25, 0.3) is 0 Å². The summed E-state index contributed by atoms with van der Waals surface area (Å²) in [7, 11) is 0. The Labute approximate surface area is 96.7 Å². The maximum Gasteiger partial charge on any atom is 0.338 e. The molecule has 2 N–H and O–H groups in total. The predicted molar refractivity (Wildman–Crippen MR) is 61.6 cm³/mol. The van der Waals surface area contributed by atoms with Crippen molar-refractivity contribution in [2.24, 2.45) is 5.92 Å². The molecule has 0 heterocycles. The summed E-state index contributed by atoms with van der Waals surface area (Å²) >= 11 is 3.27. The van der Waals surface area contributed by atoms with Crippen LogP contribution in [0.5, 0.6) is 0 Å². The third-order valence-corrected chi connectivity index (χ3v) is 3.07. The largest absolute Gasteiger partial charge is 0.462 e. The van der Waals surface area contributed by atoms with E-state index in [0.29, 0.717) is 23.8 Å². The Morgan fingerprint density at radius 1 is 1.53 bits per heavy atom. The van der Waals surface area contributed by atoms with Gasteiger partial charge in [0.05, 0.1) is 12.2 Å². The first-order valence-corrected chi connectivity index (χ1v) is 5.68. The summed E-state index contributed by atoms with van der Waals surface area (Å²) in [4.78, 5) is 11.6. The number of nitrogen functional groups attached to an aromatic ring is 1. The first kappa shape index (κ1) is 10.5. The topological polar surface area (TPSA) is 52.3 Å². The lowest BCUT2D eigenvalue weighted by molar-refractivity contribution is 0.0486. The van der Waals surface area contributed by atoms with Crippen molar-refractivity contribution in [3.05, 3.63) is 28.2 Å². The molecule has 0 aliphatic heterocycles. The lowest BCUT2D eigenvalue weighted by Crippen LogP contribution is -2.07. The van der Waals surface area contributed by atoms with Crippen molar-refractivity contribution in [1.29, 1.82) is 0 Å². The zero-order valence-electron chi connectivity index (χ0n) is 8.20. The number of ether oxygens (including phenoxy) is 1. The van der Waals surface area contributed by atoms with Gasteiger partial charge in [-0.05, 0) is 52.9 Å². The fraction of sp³-hybridized carbons (Fsp3) is 0.364. The highest BCUT2D eigenvalue weighted by atomic mass is 79.9. The van der Waals surface area contributed by atoms with Crippen molar-refractivity contribution in [3.63, 3.8) is 0 Å². The first-order valence-electron chi connectivity index (χ1n) is 4.89. The number of nitrogens with two attached hydrogens (primary N) is 1. The quantitative estimate of drug-likeness (QED) is 0.678. The summed E-state index contributed by atoms with van der Waals surface area (Å²) in [5.74, 6) is 0.314. The predicted octanol–water partition coefficient (Wildman–Crippen LogP) is 2.60. The number of hydrogen-bond acceptors (Lipinski definition) is 3. The molecule has 4 heteroatoms. The number of carbonyl (C=O) groups is 1. The van der Waals surface area contributed by atoms with Crippen LogP contribution in [0.1, 0.15) is 23.2 Å². The monoisotopic (exact) mass is 269 g/mol. The number of carbonyl (C=O) groups excluding carboxylic acids is 1. The molecule has 0 aromatic heterocycles. The molecule has 2 rings (SSSR count). The lowest BCUT2D eigenvalue weighted by Gasteiger charge is -2.05. The van der Waals surface area contributed by atoms with E-state index < -0.39 is 0 Å². The van der Waals surface area contributed by atoms with Crippen LogP contribution in [0.25, 0.3) is 0 Å². The van der Waals surface area contributed by atoms with Gasteiger partial charge in [-0.2, -0.15) is 0 Å². The Kier molecular flexibility index (Phi) is 2.95. The average molecular weight is 270 g/mol. The van der Waals surface area contributed by atoms with Crippen molar-refractivity contribution in [2.45, 2.75) is 12.8 Å². The fourth-order valence-corrected chi connectivity index (χ4v) is 1.59. The molecule has 3 nitrogen and oxygen atoms in total. The Morgan fingerprint density at radius 3 is 2.87 bits per heavy atom. The van der Waals surface area contributed by atoms with Crippen molar-refractivity contribution in [3.8, 4) is 0 Å². The molecule has 0 amide bonds. The average Bonchev–Trinajstić information content (AvgIpc) is 3.02. The number of hydrogen-bond donors (Lipinski definition) is 1. The summed E-state index contributed by atoms with van der Waals surface area (Å²) in [6, 6.07) is 5.05. The highest BCUT2D eigenvalue weighted by Crippen LogP contribution is 2.29. The van der Waals surface area contributed by atoms with Crippen LogP contribution in [0, 0.1) is 5.92 Å². The second-order valence-corrected chi connectivity index (χ2v) is 4.63. The maximum atomic E-state index is 11.6. The van der Waals surface area contributed by atoms with E-state index in [0.717, 1.165) is 4.47 Å². The Morgan fingerprint density at radius 2 is 2.27 bits per heavy atom. The van der Waals surface area contributed by atoms with Crippen LogP contribution in [-0.4, -0.2) is 12.6 Å². The minimum absolute atomic E-state index is 0.275. The highest BCUT2D eigenvalue weighted by Gasteiger charge is 2.23. The molecule has 0 saturated heterocycles. The van der Waals surface area contributed by atoms with Gasteiger partial charge in [0.2, 0.25) is 0 Å². The first-order chi connectivity index (χ1) is 7.16. The molecule has 1 aliphatic rings. The summed E-state index contributed by atoms with van der Waals surface area (Å²) in [5, 5.41) is 0. The van der Waals surface area contributed by atoms with Gasteiger partial charge >= 0.3 is 5.97 Å². The molecule has 1 aromatic rings. The van der Waals surface area contributed by atoms with Gasteiger partial charge in [-0.1, -0.05) is 0 Å². The Hall–Kier alpha value is -1.03. The van der Waals surface area contributed by atoms with E-state index in [1.54, 1.807) is 18.2 Å². The van der Waals surface area contributed by atoms with Crippen LogP contribution in [0.15, 0.2) is 22.7 Å². The van der Waals surface area contributed by atoms with Crippen LogP contribution in [-0.2, 0) is 4.74 Å². The minimum atomic E-state index is -0.275. The van der Waals surface area contributed by atoms with Crippen LogP contribution in [0.2, 0.25) is 0 Å². The Bertz CT molecular complexity index is 388. The van der Waals surface area contributed by atoms with Crippen molar-refractivity contribution in [2.75, 3.05) is 12.3 Å². The van der Waals surface area contributed by atoms with Gasteiger partial charge < -0.3 is 10.5 Å². The van der Waals surface area contributed by atoms with Gasteiger partial charge in [0.15, 0.2) is 0 Å². The highest BCUT2D eigenvalue weighted by molar-refractivity contribution is 9.10. The second kappa shape index (κ2) is 4.23. The summed E-state index contributed by atoms with van der Waals surface area (Å²) < 4.78 is 5.87. The number of benzene rings is 1.